The van der Waals surface area contributed by atoms with Gasteiger partial charge in [0.15, 0.2) is 6.61 Å². The molecule has 0 radical (unpaired) electrons. The zero-order valence-corrected chi connectivity index (χ0v) is 9.46. The highest BCUT2D eigenvalue weighted by Crippen LogP contribution is 2.14. The molecule has 7 heteroatoms. The molecule has 0 aromatic heterocycles. The van der Waals surface area contributed by atoms with Crippen molar-refractivity contribution in [1.29, 1.82) is 0 Å². The number of hydroxylamine groups is 1. The van der Waals surface area contributed by atoms with E-state index in [0.29, 0.717) is 12.1 Å². The lowest BCUT2D eigenvalue weighted by molar-refractivity contribution is -0.191. The van der Waals surface area contributed by atoms with E-state index < -0.39 is 18.7 Å². The minimum Gasteiger partial charge on any atom is -0.399 e. The van der Waals surface area contributed by atoms with Gasteiger partial charge in [-0.1, -0.05) is 18.2 Å². The van der Waals surface area contributed by atoms with Crippen LogP contribution >= 0.6 is 0 Å². The third-order valence-electron chi connectivity index (χ3n) is 2.10. The Hall–Kier alpha value is -1.76. The molecule has 0 bridgehead atoms. The number of amides is 1. The van der Waals surface area contributed by atoms with Crippen LogP contribution in [0.3, 0.4) is 0 Å². The number of alkyl halides is 3. The molecule has 0 aliphatic rings. The van der Waals surface area contributed by atoms with Crippen LogP contribution in [0.2, 0.25) is 0 Å². The highest BCUT2D eigenvalue weighted by molar-refractivity contribution is 5.75. The van der Waals surface area contributed by atoms with Gasteiger partial charge in [0.2, 0.25) is 5.91 Å². The average molecular weight is 262 g/mol. The Bertz CT molecular complexity index is 408. The van der Waals surface area contributed by atoms with Crippen LogP contribution in [0.5, 0.6) is 0 Å². The number of para-hydroxylation sites is 1. The number of nitrogens with two attached hydrogens (primary N) is 1. The molecule has 0 aliphatic heterocycles. The number of hydrogen-bond donors (Lipinski definition) is 2. The fourth-order valence-corrected chi connectivity index (χ4v) is 1.26. The molecule has 0 unspecified atom stereocenters. The number of aryl methyl sites for hydroxylation is 1. The molecule has 0 saturated carbocycles. The van der Waals surface area contributed by atoms with Crippen molar-refractivity contribution in [2.45, 2.75) is 19.0 Å². The number of nitrogens with one attached hydrogen (secondary N) is 1. The molecule has 100 valence electrons. The molecular weight excluding hydrogens is 249 g/mol. The zero-order chi connectivity index (χ0) is 13.6. The van der Waals surface area contributed by atoms with Gasteiger partial charge in [0.1, 0.15) is 0 Å². The van der Waals surface area contributed by atoms with E-state index in [1.165, 1.54) is 0 Å². The number of carbonyl (C=O) groups is 1. The van der Waals surface area contributed by atoms with Gasteiger partial charge in [0.05, 0.1) is 0 Å². The molecular formula is C11H13F3N2O2. The van der Waals surface area contributed by atoms with Crippen LogP contribution in [0.1, 0.15) is 12.0 Å². The summed E-state index contributed by atoms with van der Waals surface area (Å²) in [6.45, 7) is -1.51. The number of carbonyl (C=O) groups excluding carboxylic acids is 1. The van der Waals surface area contributed by atoms with E-state index in [1.54, 1.807) is 29.7 Å². The standard InChI is InChI=1S/C11H13F3N2O2/c12-11(13,14)7-18-16-10(17)6-5-8-3-1-2-4-9(8)15/h1-4H,5-7,15H2,(H,16,17). The highest BCUT2D eigenvalue weighted by atomic mass is 19.4. The summed E-state index contributed by atoms with van der Waals surface area (Å²) in [5.41, 5.74) is 8.69. The summed E-state index contributed by atoms with van der Waals surface area (Å²) in [6, 6.07) is 6.96. The molecule has 0 atom stereocenters. The number of nitrogen functional groups attached to an aromatic ring is 1. The topological polar surface area (TPSA) is 64.4 Å². The number of halogens is 3. The molecule has 18 heavy (non-hydrogen) atoms. The summed E-state index contributed by atoms with van der Waals surface area (Å²) in [4.78, 5) is 15.2. The third kappa shape index (κ3) is 5.53. The minimum atomic E-state index is -4.46. The third-order valence-corrected chi connectivity index (χ3v) is 2.10. The molecule has 0 saturated heterocycles. The summed E-state index contributed by atoms with van der Waals surface area (Å²) in [6.07, 6.45) is -4.11. The maximum Gasteiger partial charge on any atom is 0.414 e. The Morgan fingerprint density at radius 1 is 1.33 bits per heavy atom. The van der Waals surface area contributed by atoms with E-state index in [0.717, 1.165) is 5.56 Å². The van der Waals surface area contributed by atoms with E-state index in [1.807, 2.05) is 0 Å². The SMILES string of the molecule is Nc1ccccc1CCC(=O)NOCC(F)(F)F. The van der Waals surface area contributed by atoms with Gasteiger partial charge in [-0.05, 0) is 18.1 Å². The summed E-state index contributed by atoms with van der Waals surface area (Å²) in [5.74, 6) is -0.623. The number of hydrogen-bond acceptors (Lipinski definition) is 3. The smallest absolute Gasteiger partial charge is 0.399 e. The normalized spacial score (nSPS) is 11.3. The summed E-state index contributed by atoms with van der Waals surface area (Å²) < 4.78 is 35.2. The summed E-state index contributed by atoms with van der Waals surface area (Å²) in [7, 11) is 0. The lowest BCUT2D eigenvalue weighted by Crippen LogP contribution is -2.29. The van der Waals surface area contributed by atoms with E-state index in [4.69, 9.17) is 5.73 Å². The fraction of sp³-hybridized carbons (Fsp3) is 0.364. The van der Waals surface area contributed by atoms with Gasteiger partial charge in [0, 0.05) is 12.1 Å². The van der Waals surface area contributed by atoms with Crippen LogP contribution in [-0.2, 0) is 16.1 Å². The minimum absolute atomic E-state index is 0.00602. The van der Waals surface area contributed by atoms with Crippen LogP contribution < -0.4 is 11.2 Å². The van der Waals surface area contributed by atoms with Crippen molar-refractivity contribution < 1.29 is 22.8 Å². The molecule has 0 heterocycles. The number of benzene rings is 1. The lowest BCUT2D eigenvalue weighted by atomic mass is 10.1. The predicted octanol–water partition coefficient (Wildman–Crippen LogP) is 1.81. The van der Waals surface area contributed by atoms with Crippen LogP contribution in [0, 0.1) is 0 Å². The van der Waals surface area contributed by atoms with Crippen molar-refractivity contribution >= 4 is 11.6 Å². The largest absolute Gasteiger partial charge is 0.414 e. The fourth-order valence-electron chi connectivity index (χ4n) is 1.26. The number of anilines is 1. The molecule has 1 amide bonds. The Morgan fingerprint density at radius 3 is 2.61 bits per heavy atom. The molecule has 0 aliphatic carbocycles. The average Bonchev–Trinajstić information content (AvgIpc) is 2.26. The first-order valence-corrected chi connectivity index (χ1v) is 5.19. The Labute approximate surface area is 102 Å². The van der Waals surface area contributed by atoms with Gasteiger partial charge in [0.25, 0.3) is 0 Å². The van der Waals surface area contributed by atoms with Crippen molar-refractivity contribution in [2.75, 3.05) is 12.3 Å². The highest BCUT2D eigenvalue weighted by Gasteiger charge is 2.28. The van der Waals surface area contributed by atoms with Gasteiger partial charge in [-0.3, -0.25) is 9.63 Å². The second kappa shape index (κ2) is 6.25. The summed E-state index contributed by atoms with van der Waals surface area (Å²) in [5, 5.41) is 0. The van der Waals surface area contributed by atoms with E-state index in [2.05, 4.69) is 4.84 Å². The molecule has 1 rings (SSSR count). The van der Waals surface area contributed by atoms with Crippen LogP contribution in [0.4, 0.5) is 18.9 Å². The lowest BCUT2D eigenvalue weighted by Gasteiger charge is -2.08. The maximum atomic E-state index is 11.7. The second-order valence-electron chi connectivity index (χ2n) is 3.63. The second-order valence-corrected chi connectivity index (χ2v) is 3.63. The van der Waals surface area contributed by atoms with Gasteiger partial charge in [-0.15, -0.1) is 0 Å². The Morgan fingerprint density at radius 2 is 2.00 bits per heavy atom. The van der Waals surface area contributed by atoms with Crippen LogP contribution in [0.15, 0.2) is 24.3 Å². The quantitative estimate of drug-likeness (QED) is 0.628. The van der Waals surface area contributed by atoms with E-state index in [9.17, 15) is 18.0 Å². The van der Waals surface area contributed by atoms with Crippen molar-refractivity contribution in [3.8, 4) is 0 Å². The first kappa shape index (κ1) is 14.3. The monoisotopic (exact) mass is 262 g/mol. The zero-order valence-electron chi connectivity index (χ0n) is 9.46. The Balaban J connectivity index is 2.28. The van der Waals surface area contributed by atoms with E-state index in [-0.39, 0.29) is 6.42 Å². The molecule has 1 aromatic carbocycles. The predicted molar refractivity (Wildman–Crippen MR) is 59.3 cm³/mol. The molecule has 3 N–H and O–H groups in total. The van der Waals surface area contributed by atoms with Crippen molar-refractivity contribution in [1.82, 2.24) is 5.48 Å². The molecule has 4 nitrogen and oxygen atoms in total. The summed E-state index contributed by atoms with van der Waals surface area (Å²) >= 11 is 0. The molecule has 0 spiro atoms. The van der Waals surface area contributed by atoms with E-state index >= 15 is 0 Å². The van der Waals surface area contributed by atoms with Crippen molar-refractivity contribution in [3.63, 3.8) is 0 Å². The van der Waals surface area contributed by atoms with Crippen molar-refractivity contribution in [3.05, 3.63) is 29.8 Å². The maximum absolute atomic E-state index is 11.7. The Kier molecular flexibility index (Phi) is 4.96. The van der Waals surface area contributed by atoms with Gasteiger partial charge in [-0.2, -0.15) is 13.2 Å². The van der Waals surface area contributed by atoms with Gasteiger partial charge < -0.3 is 5.73 Å². The van der Waals surface area contributed by atoms with Crippen LogP contribution in [0.25, 0.3) is 0 Å². The first-order chi connectivity index (χ1) is 8.38. The van der Waals surface area contributed by atoms with Gasteiger partial charge in [-0.25, -0.2) is 5.48 Å². The van der Waals surface area contributed by atoms with Crippen molar-refractivity contribution in [2.24, 2.45) is 0 Å². The first-order valence-electron chi connectivity index (χ1n) is 5.19. The number of rotatable bonds is 5. The molecule has 1 aromatic rings. The van der Waals surface area contributed by atoms with Gasteiger partial charge >= 0.3 is 6.18 Å². The van der Waals surface area contributed by atoms with Crippen LogP contribution in [-0.4, -0.2) is 18.7 Å². The molecule has 0 fully saturated rings.